The number of nitrogens with one attached hydrogen (secondary N) is 1. The van der Waals surface area contributed by atoms with E-state index in [0.29, 0.717) is 6.54 Å². The summed E-state index contributed by atoms with van der Waals surface area (Å²) >= 11 is 3.62. The Bertz CT molecular complexity index is 388. The van der Waals surface area contributed by atoms with Gasteiger partial charge in [0.15, 0.2) is 0 Å². The number of methoxy groups -OCH3 is 1. The maximum atomic E-state index is 11.9. The molecule has 0 aromatic heterocycles. The van der Waals surface area contributed by atoms with Crippen molar-refractivity contribution in [1.29, 1.82) is 0 Å². The van der Waals surface area contributed by atoms with Gasteiger partial charge in [-0.1, -0.05) is 12.1 Å². The molecule has 1 saturated heterocycles. The molecule has 0 radical (unpaired) electrons. The van der Waals surface area contributed by atoms with E-state index in [0.717, 1.165) is 28.6 Å². The normalized spacial score (nSPS) is 19.3. The zero-order chi connectivity index (χ0) is 12.8. The van der Waals surface area contributed by atoms with E-state index >= 15 is 0 Å². The standard InChI is InChI=1S/C13H17NO2S2/c1-16-11-4-2-10(3-5-11)8-14-13(15)12-9-17-6-7-18-12/h2-5,12H,6-9H2,1H3,(H,14,15). The number of ether oxygens (including phenoxy) is 1. The van der Waals surface area contributed by atoms with E-state index in [4.69, 9.17) is 4.74 Å². The highest BCUT2D eigenvalue weighted by Crippen LogP contribution is 2.24. The third-order valence-electron chi connectivity index (χ3n) is 2.73. The average Bonchev–Trinajstić information content (AvgIpc) is 2.46. The van der Waals surface area contributed by atoms with Crippen LogP contribution < -0.4 is 10.1 Å². The van der Waals surface area contributed by atoms with Gasteiger partial charge in [-0.2, -0.15) is 11.8 Å². The van der Waals surface area contributed by atoms with Gasteiger partial charge in [-0.15, -0.1) is 11.8 Å². The lowest BCUT2D eigenvalue weighted by atomic mass is 10.2. The van der Waals surface area contributed by atoms with E-state index in [1.165, 1.54) is 0 Å². The number of hydrogen-bond acceptors (Lipinski definition) is 4. The third-order valence-corrected chi connectivity index (χ3v) is 5.49. The minimum Gasteiger partial charge on any atom is -0.497 e. The highest BCUT2D eigenvalue weighted by atomic mass is 32.2. The van der Waals surface area contributed by atoms with Crippen molar-refractivity contribution in [2.75, 3.05) is 24.4 Å². The van der Waals surface area contributed by atoms with Crippen molar-refractivity contribution in [3.05, 3.63) is 29.8 Å². The Hall–Kier alpha value is -0.810. The van der Waals surface area contributed by atoms with E-state index in [1.807, 2.05) is 36.0 Å². The Balaban J connectivity index is 1.80. The maximum Gasteiger partial charge on any atom is 0.234 e. The van der Waals surface area contributed by atoms with Crippen LogP contribution in [-0.4, -0.2) is 35.5 Å². The lowest BCUT2D eigenvalue weighted by Gasteiger charge is -2.20. The molecular formula is C13H17NO2S2. The number of carbonyl (C=O) groups is 1. The summed E-state index contributed by atoms with van der Waals surface area (Å²) in [6.45, 7) is 0.588. The van der Waals surface area contributed by atoms with Crippen LogP contribution in [0.1, 0.15) is 5.56 Å². The molecule has 98 valence electrons. The first-order chi connectivity index (χ1) is 8.79. The van der Waals surface area contributed by atoms with Crippen LogP contribution >= 0.6 is 23.5 Å². The van der Waals surface area contributed by atoms with Crippen molar-refractivity contribution in [1.82, 2.24) is 5.32 Å². The summed E-state index contributed by atoms with van der Waals surface area (Å²) in [5.41, 5.74) is 1.10. The van der Waals surface area contributed by atoms with Crippen molar-refractivity contribution in [2.45, 2.75) is 11.8 Å². The van der Waals surface area contributed by atoms with Gasteiger partial charge in [0.2, 0.25) is 5.91 Å². The summed E-state index contributed by atoms with van der Waals surface area (Å²) in [6.07, 6.45) is 0. The Labute approximate surface area is 116 Å². The highest BCUT2D eigenvalue weighted by molar-refractivity contribution is 8.07. The van der Waals surface area contributed by atoms with E-state index < -0.39 is 0 Å². The molecule has 3 nitrogen and oxygen atoms in total. The van der Waals surface area contributed by atoms with E-state index in [-0.39, 0.29) is 11.2 Å². The molecule has 0 aliphatic carbocycles. The number of amides is 1. The van der Waals surface area contributed by atoms with Gasteiger partial charge in [0.05, 0.1) is 12.4 Å². The Morgan fingerprint density at radius 1 is 1.39 bits per heavy atom. The molecule has 0 spiro atoms. The third kappa shape index (κ3) is 3.85. The second-order valence-corrected chi connectivity index (χ2v) is 6.46. The van der Waals surface area contributed by atoms with Crippen LogP contribution in [-0.2, 0) is 11.3 Å². The lowest BCUT2D eigenvalue weighted by Crippen LogP contribution is -2.35. The molecule has 1 atom stereocenters. The molecule has 1 heterocycles. The van der Waals surface area contributed by atoms with E-state index in [1.54, 1.807) is 18.9 Å². The van der Waals surface area contributed by atoms with Gasteiger partial charge < -0.3 is 10.1 Å². The number of hydrogen-bond donors (Lipinski definition) is 1. The maximum absolute atomic E-state index is 11.9. The molecule has 0 bridgehead atoms. The highest BCUT2D eigenvalue weighted by Gasteiger charge is 2.21. The van der Waals surface area contributed by atoms with Crippen LogP contribution in [0.3, 0.4) is 0 Å². The first kappa shape index (κ1) is 13.6. The molecule has 0 saturated carbocycles. The molecule has 1 aliphatic heterocycles. The Morgan fingerprint density at radius 3 is 2.78 bits per heavy atom. The summed E-state index contributed by atoms with van der Waals surface area (Å²) in [6, 6.07) is 7.77. The molecule has 1 amide bonds. The summed E-state index contributed by atoms with van der Waals surface area (Å²) in [4.78, 5) is 11.9. The summed E-state index contributed by atoms with van der Waals surface area (Å²) in [5.74, 6) is 4.16. The zero-order valence-electron chi connectivity index (χ0n) is 10.3. The van der Waals surface area contributed by atoms with Crippen LogP contribution in [0.25, 0.3) is 0 Å². The van der Waals surface area contributed by atoms with Gasteiger partial charge >= 0.3 is 0 Å². The van der Waals surface area contributed by atoms with Crippen molar-refractivity contribution in [3.8, 4) is 5.75 Å². The fraction of sp³-hybridized carbons (Fsp3) is 0.462. The molecular weight excluding hydrogens is 266 g/mol. The van der Waals surface area contributed by atoms with Gasteiger partial charge in [0, 0.05) is 23.8 Å². The number of thioether (sulfide) groups is 2. The van der Waals surface area contributed by atoms with Crippen molar-refractivity contribution >= 4 is 29.4 Å². The number of carbonyl (C=O) groups excluding carboxylic acids is 1. The van der Waals surface area contributed by atoms with Gasteiger partial charge in [-0.25, -0.2) is 0 Å². The van der Waals surface area contributed by atoms with Crippen LogP contribution in [0.4, 0.5) is 0 Å². The van der Waals surface area contributed by atoms with Crippen molar-refractivity contribution in [3.63, 3.8) is 0 Å². The molecule has 1 unspecified atom stereocenters. The molecule has 1 aliphatic rings. The monoisotopic (exact) mass is 283 g/mol. The van der Waals surface area contributed by atoms with E-state index in [9.17, 15) is 4.79 Å². The number of benzene rings is 1. The minimum absolute atomic E-state index is 0.113. The van der Waals surface area contributed by atoms with Crippen LogP contribution in [0.5, 0.6) is 5.75 Å². The van der Waals surface area contributed by atoms with E-state index in [2.05, 4.69) is 5.32 Å². The molecule has 2 rings (SSSR count). The number of rotatable bonds is 4. The fourth-order valence-corrected chi connectivity index (χ4v) is 4.27. The largest absolute Gasteiger partial charge is 0.497 e. The van der Waals surface area contributed by atoms with Crippen LogP contribution in [0.2, 0.25) is 0 Å². The summed E-state index contributed by atoms with van der Waals surface area (Å²) in [7, 11) is 1.65. The van der Waals surface area contributed by atoms with Crippen LogP contribution in [0.15, 0.2) is 24.3 Å². The Kier molecular flexibility index (Phi) is 5.26. The predicted molar refractivity (Wildman–Crippen MR) is 78.4 cm³/mol. The average molecular weight is 283 g/mol. The summed E-state index contributed by atoms with van der Waals surface area (Å²) in [5, 5.41) is 3.11. The molecule has 1 aromatic rings. The first-order valence-corrected chi connectivity index (χ1v) is 8.10. The van der Waals surface area contributed by atoms with Gasteiger partial charge in [-0.3, -0.25) is 4.79 Å². The quantitative estimate of drug-likeness (QED) is 0.919. The fourth-order valence-electron chi connectivity index (χ4n) is 1.69. The molecule has 1 N–H and O–H groups in total. The zero-order valence-corrected chi connectivity index (χ0v) is 12.0. The Morgan fingerprint density at radius 2 is 2.17 bits per heavy atom. The smallest absolute Gasteiger partial charge is 0.234 e. The molecule has 1 fully saturated rings. The van der Waals surface area contributed by atoms with Crippen LogP contribution in [0, 0.1) is 0 Å². The van der Waals surface area contributed by atoms with Gasteiger partial charge in [0.25, 0.3) is 0 Å². The van der Waals surface area contributed by atoms with Crippen molar-refractivity contribution in [2.24, 2.45) is 0 Å². The second kappa shape index (κ2) is 6.95. The van der Waals surface area contributed by atoms with Gasteiger partial charge in [0.1, 0.15) is 5.75 Å². The van der Waals surface area contributed by atoms with Gasteiger partial charge in [-0.05, 0) is 17.7 Å². The summed E-state index contributed by atoms with van der Waals surface area (Å²) < 4.78 is 5.10. The molecule has 5 heteroatoms. The second-order valence-electron chi connectivity index (χ2n) is 4.00. The minimum atomic E-state index is 0.113. The molecule has 18 heavy (non-hydrogen) atoms. The topological polar surface area (TPSA) is 38.3 Å². The lowest BCUT2D eigenvalue weighted by molar-refractivity contribution is -0.120. The first-order valence-electron chi connectivity index (χ1n) is 5.89. The van der Waals surface area contributed by atoms with Crippen molar-refractivity contribution < 1.29 is 9.53 Å². The SMILES string of the molecule is COc1ccc(CNC(=O)C2CSCCS2)cc1. The predicted octanol–water partition coefficient (Wildman–Crippen LogP) is 2.16. The molecule has 1 aromatic carbocycles.